The minimum absolute atomic E-state index is 0.0306. The summed E-state index contributed by atoms with van der Waals surface area (Å²) in [6, 6.07) is 12.0. The predicted octanol–water partition coefficient (Wildman–Crippen LogP) is 3.28. The maximum atomic E-state index is 14.4. The second-order valence-corrected chi connectivity index (χ2v) is 8.02. The molecule has 0 saturated carbocycles. The van der Waals surface area contributed by atoms with Crippen LogP contribution in [0.2, 0.25) is 0 Å². The molecule has 1 aromatic carbocycles. The quantitative estimate of drug-likeness (QED) is 0.241. The van der Waals surface area contributed by atoms with Gasteiger partial charge in [0.05, 0.1) is 25.0 Å². The Balaban J connectivity index is 1.93. The smallest absolute Gasteiger partial charge is 0.232 e. The number of carbonyl (C=O) groups excluding carboxylic acids is 1. The number of aliphatic imine (C=N–C) groups is 1. The Labute approximate surface area is 195 Å². The number of aryl methyl sites for hydroxylation is 1. The van der Waals surface area contributed by atoms with Crippen LogP contribution in [0.5, 0.6) is 0 Å². The number of hydrogen-bond acceptors (Lipinski definition) is 6. The van der Waals surface area contributed by atoms with Gasteiger partial charge < -0.3 is 15.5 Å². The fraction of sp³-hybridized carbons (Fsp3) is 0.250. The van der Waals surface area contributed by atoms with Crippen LogP contribution in [0.4, 0.5) is 8.78 Å². The van der Waals surface area contributed by atoms with E-state index in [1.54, 1.807) is 60.3 Å². The molecule has 0 spiro atoms. The second-order valence-electron chi connectivity index (χ2n) is 8.02. The van der Waals surface area contributed by atoms with Crippen molar-refractivity contribution in [2.45, 2.75) is 24.9 Å². The highest BCUT2D eigenvalue weighted by atomic mass is 19.1. The van der Waals surface area contributed by atoms with Crippen LogP contribution in [0.1, 0.15) is 29.7 Å². The monoisotopic (exact) mass is 466 g/mol. The highest BCUT2D eigenvalue weighted by Gasteiger charge is 2.43. The molecule has 0 bridgehead atoms. The number of halogens is 2. The average Bonchev–Trinajstić information content (AvgIpc) is 3.24. The van der Waals surface area contributed by atoms with Crippen LogP contribution in [0, 0.1) is 5.95 Å². The average molecular weight is 466 g/mol. The van der Waals surface area contributed by atoms with Crippen LogP contribution < -0.4 is 5.73 Å². The number of alkyl halides is 1. The van der Waals surface area contributed by atoms with Gasteiger partial charge in [-0.15, -0.1) is 0 Å². The molecular weight excluding hydrogens is 442 g/mol. The number of rotatable bonds is 7. The van der Waals surface area contributed by atoms with Crippen molar-refractivity contribution in [3.8, 4) is 11.1 Å². The summed E-state index contributed by atoms with van der Waals surface area (Å²) in [4.78, 5) is 22.7. The van der Waals surface area contributed by atoms with Crippen LogP contribution in [0.3, 0.4) is 0 Å². The van der Waals surface area contributed by atoms with Crippen molar-refractivity contribution >= 4 is 18.1 Å². The first kappa shape index (κ1) is 23.1. The molecule has 176 valence electrons. The molecule has 3 N–H and O–H groups in total. The topological polar surface area (TPSA) is 109 Å². The van der Waals surface area contributed by atoms with Crippen molar-refractivity contribution in [2.75, 3.05) is 13.7 Å². The van der Waals surface area contributed by atoms with Gasteiger partial charge in [0.25, 0.3) is 0 Å². The minimum atomic E-state index is -1.22. The van der Waals surface area contributed by atoms with Gasteiger partial charge in [-0.2, -0.15) is 4.39 Å². The fourth-order valence-corrected chi connectivity index (χ4v) is 4.16. The summed E-state index contributed by atoms with van der Waals surface area (Å²) < 4.78 is 29.0. The zero-order valence-corrected chi connectivity index (χ0v) is 18.5. The van der Waals surface area contributed by atoms with Gasteiger partial charge in [-0.1, -0.05) is 23.4 Å². The molecule has 1 unspecified atom stereocenters. The Morgan fingerprint density at radius 1 is 1.26 bits per heavy atom. The number of amides is 1. The lowest BCUT2D eigenvalue weighted by Gasteiger charge is -2.36. The third-order valence-corrected chi connectivity index (χ3v) is 5.97. The molecule has 0 radical (unpaired) electrons. The molecule has 1 aliphatic heterocycles. The molecule has 3 aromatic rings. The van der Waals surface area contributed by atoms with E-state index in [0.29, 0.717) is 34.5 Å². The molecule has 0 saturated heterocycles. The molecular formula is C24H24F2N6O2. The molecule has 2 aromatic heterocycles. The summed E-state index contributed by atoms with van der Waals surface area (Å²) in [7, 11) is 1.54. The van der Waals surface area contributed by atoms with Crippen LogP contribution in [-0.4, -0.2) is 51.5 Å². The number of pyridine rings is 1. The predicted molar refractivity (Wildman–Crippen MR) is 124 cm³/mol. The molecule has 10 heteroatoms. The summed E-state index contributed by atoms with van der Waals surface area (Å²) in [5.41, 5.74) is 7.53. The summed E-state index contributed by atoms with van der Waals surface area (Å²) in [6.07, 6.45) is 4.58. The number of hydrogen-bond donors (Lipinski definition) is 2. The lowest BCUT2D eigenvalue weighted by Crippen LogP contribution is -2.48. The van der Waals surface area contributed by atoms with Crippen molar-refractivity contribution in [1.29, 1.82) is 0 Å². The van der Waals surface area contributed by atoms with Crippen molar-refractivity contribution in [3.05, 3.63) is 77.6 Å². The summed E-state index contributed by atoms with van der Waals surface area (Å²) >= 11 is 0. The van der Waals surface area contributed by atoms with E-state index in [9.17, 15) is 13.6 Å². The molecule has 4 rings (SSSR count). The van der Waals surface area contributed by atoms with Crippen molar-refractivity contribution in [2.24, 2.45) is 15.9 Å². The van der Waals surface area contributed by atoms with E-state index >= 15 is 0 Å². The van der Waals surface area contributed by atoms with Gasteiger partial charge >= 0.3 is 0 Å². The van der Waals surface area contributed by atoms with Gasteiger partial charge in [0, 0.05) is 37.1 Å². The lowest BCUT2D eigenvalue weighted by molar-refractivity contribution is -0.128. The first-order valence-electron chi connectivity index (χ1n) is 10.7. The summed E-state index contributed by atoms with van der Waals surface area (Å²) in [5, 5.41) is 12.2. The second kappa shape index (κ2) is 9.42. The van der Waals surface area contributed by atoms with Gasteiger partial charge in [-0.3, -0.25) is 14.1 Å². The zero-order chi connectivity index (χ0) is 24.3. The maximum absolute atomic E-state index is 14.4. The van der Waals surface area contributed by atoms with E-state index in [1.165, 1.54) is 17.3 Å². The molecule has 1 amide bonds. The number of carbonyl (C=O) groups is 1. The molecule has 0 fully saturated rings. The van der Waals surface area contributed by atoms with Gasteiger partial charge in [0.2, 0.25) is 11.9 Å². The van der Waals surface area contributed by atoms with Gasteiger partial charge in [0.1, 0.15) is 5.54 Å². The summed E-state index contributed by atoms with van der Waals surface area (Å²) in [6.45, 7) is -0.177. The third kappa shape index (κ3) is 4.14. The first-order chi connectivity index (χ1) is 16.4. The summed E-state index contributed by atoms with van der Waals surface area (Å²) in [5.74, 6) is -0.836. The molecule has 0 aliphatic carbocycles. The van der Waals surface area contributed by atoms with Gasteiger partial charge in [-0.25, -0.2) is 9.98 Å². The Hall–Kier alpha value is -4.08. The van der Waals surface area contributed by atoms with Crippen molar-refractivity contribution in [1.82, 2.24) is 14.5 Å². The Bertz CT molecular complexity index is 1270. The number of benzene rings is 1. The third-order valence-electron chi connectivity index (χ3n) is 5.97. The highest BCUT2D eigenvalue weighted by Crippen LogP contribution is 2.42. The van der Waals surface area contributed by atoms with Crippen LogP contribution in [0.15, 0.2) is 65.0 Å². The zero-order valence-electron chi connectivity index (χ0n) is 18.5. The number of aromatic nitrogens is 2. The molecule has 1 aliphatic rings. The van der Waals surface area contributed by atoms with Crippen LogP contribution in [-0.2, 0) is 16.9 Å². The van der Waals surface area contributed by atoms with Crippen molar-refractivity contribution in [3.63, 3.8) is 0 Å². The molecule has 8 nitrogen and oxygen atoms in total. The lowest BCUT2D eigenvalue weighted by atomic mass is 9.79. The molecule has 34 heavy (non-hydrogen) atoms. The fourth-order valence-electron chi connectivity index (χ4n) is 4.16. The standard InChI is InChI=1S/C24H24F2N6O2/c1-31-21(33)13-24(30-23(31)27,18-12-19(14-29-34)32(15-18)10-4-8-25)17-6-2-5-16(11-17)20-7-3-9-28-22(20)26/h2-3,5-7,9,11-12,14-15,34H,4,8,10,13H2,1H3,(H2,27,30)/b29-14+. The van der Waals surface area contributed by atoms with Crippen LogP contribution in [0.25, 0.3) is 11.1 Å². The van der Waals surface area contributed by atoms with E-state index < -0.39 is 18.2 Å². The Kier molecular flexibility index (Phi) is 6.40. The van der Waals surface area contributed by atoms with E-state index in [1.807, 2.05) is 0 Å². The largest absolute Gasteiger partial charge is 0.411 e. The SMILES string of the molecule is CN1C(=O)CC(c2cccc(-c3cccnc3F)c2)(c2cc(/C=N/O)n(CCCF)c2)N=C1N. The van der Waals surface area contributed by atoms with E-state index in [-0.39, 0.29) is 24.7 Å². The normalized spacial score (nSPS) is 18.5. The van der Waals surface area contributed by atoms with E-state index in [4.69, 9.17) is 15.9 Å². The molecule has 1 atom stereocenters. The first-order valence-corrected chi connectivity index (χ1v) is 10.7. The van der Waals surface area contributed by atoms with Gasteiger partial charge in [0.15, 0.2) is 5.96 Å². The Morgan fingerprint density at radius 3 is 2.79 bits per heavy atom. The minimum Gasteiger partial charge on any atom is -0.411 e. The Morgan fingerprint density at radius 2 is 2.09 bits per heavy atom. The number of nitrogens with two attached hydrogens (primary N) is 1. The molecule has 3 heterocycles. The number of guanidine groups is 1. The van der Waals surface area contributed by atoms with Crippen molar-refractivity contribution < 1.29 is 18.8 Å². The van der Waals surface area contributed by atoms with Gasteiger partial charge in [-0.05, 0) is 41.8 Å². The van der Waals surface area contributed by atoms with E-state index in [0.717, 1.165) is 0 Å². The van der Waals surface area contributed by atoms with Crippen LogP contribution >= 0.6 is 0 Å². The highest BCUT2D eigenvalue weighted by molar-refractivity contribution is 5.99. The van der Waals surface area contributed by atoms with E-state index in [2.05, 4.69) is 10.1 Å². The number of nitrogens with zero attached hydrogens (tertiary/aromatic N) is 5. The number of oxime groups is 1. The maximum Gasteiger partial charge on any atom is 0.232 e.